The number of carbonyl (C=O) groups is 2. The lowest BCUT2D eigenvalue weighted by molar-refractivity contribution is -0.272. The zero-order valence-corrected chi connectivity index (χ0v) is 18.6. The van der Waals surface area contributed by atoms with Crippen molar-refractivity contribution in [1.29, 1.82) is 0 Å². The van der Waals surface area contributed by atoms with E-state index in [0.29, 0.717) is 0 Å². The number of amides is 2. The molecule has 2 aromatic rings. The summed E-state index contributed by atoms with van der Waals surface area (Å²) in [5.41, 5.74) is 1.43. The maximum atomic E-state index is 14.1. The van der Waals surface area contributed by atoms with Crippen LogP contribution in [-0.2, 0) is 9.53 Å². The molecule has 0 saturated carbocycles. The molecule has 1 saturated heterocycles. The average molecular weight is 505 g/mol. The molecule has 2 heterocycles. The minimum atomic E-state index is -4.95. The summed E-state index contributed by atoms with van der Waals surface area (Å²) in [4.78, 5) is 28.2. The quantitative estimate of drug-likeness (QED) is 0.570. The van der Waals surface area contributed by atoms with E-state index in [1.807, 2.05) is 0 Å². The molecule has 3 rings (SSSR count). The van der Waals surface area contributed by atoms with Crippen molar-refractivity contribution in [2.45, 2.75) is 51.2 Å². The highest BCUT2D eigenvalue weighted by molar-refractivity contribution is 5.97. The van der Waals surface area contributed by atoms with Crippen LogP contribution in [0.1, 0.15) is 41.4 Å². The van der Waals surface area contributed by atoms with E-state index in [9.17, 15) is 35.9 Å². The van der Waals surface area contributed by atoms with E-state index < -0.39 is 59.7 Å². The molecule has 0 unspecified atom stereocenters. The number of carbonyl (C=O) groups excluding carboxylic acids is 2. The van der Waals surface area contributed by atoms with E-state index in [1.54, 1.807) is 0 Å². The third-order valence-corrected chi connectivity index (χ3v) is 6.14. The van der Waals surface area contributed by atoms with Gasteiger partial charge in [0.05, 0.1) is 0 Å². The largest absolute Gasteiger partial charge is 0.434 e. The molecule has 3 N–H and O–H groups in total. The highest BCUT2D eigenvalue weighted by atomic mass is 19.4. The SMILES string of the molecule is Cc1c(F)ccc([C@H]2[C@H](C(=O)Nc3ccnc(C(N)=O)c3)O[C@](C)(C(F)(F)F)[C@H]2C)c1OC(F)F. The van der Waals surface area contributed by atoms with Crippen LogP contribution in [0.3, 0.4) is 0 Å². The number of nitrogens with zero attached hydrogens (tertiary/aromatic N) is 1. The van der Waals surface area contributed by atoms with Crippen LogP contribution in [-0.4, -0.2) is 41.3 Å². The Hall–Kier alpha value is -3.35. The number of rotatable bonds is 6. The van der Waals surface area contributed by atoms with Gasteiger partial charge in [-0.2, -0.15) is 22.0 Å². The predicted molar refractivity (Wildman–Crippen MR) is 110 cm³/mol. The molecule has 1 fully saturated rings. The van der Waals surface area contributed by atoms with Gasteiger partial charge in [0.25, 0.3) is 11.8 Å². The van der Waals surface area contributed by atoms with Crippen molar-refractivity contribution in [3.05, 3.63) is 53.1 Å². The second kappa shape index (κ2) is 9.36. The third-order valence-electron chi connectivity index (χ3n) is 6.14. The molecule has 13 heteroatoms. The number of benzene rings is 1. The Morgan fingerprint density at radius 2 is 1.91 bits per heavy atom. The molecule has 1 aromatic heterocycles. The summed E-state index contributed by atoms with van der Waals surface area (Å²) in [7, 11) is 0. The van der Waals surface area contributed by atoms with E-state index in [2.05, 4.69) is 15.0 Å². The normalized spacial score (nSPS) is 24.5. The lowest BCUT2D eigenvalue weighted by Crippen LogP contribution is -2.47. The molecule has 0 spiro atoms. The van der Waals surface area contributed by atoms with Crippen molar-refractivity contribution >= 4 is 17.5 Å². The highest BCUT2D eigenvalue weighted by Gasteiger charge is 2.65. The van der Waals surface area contributed by atoms with E-state index in [0.717, 1.165) is 45.2 Å². The number of hydrogen-bond donors (Lipinski definition) is 2. The number of primary amides is 1. The Balaban J connectivity index is 2.10. The first-order valence-corrected chi connectivity index (χ1v) is 10.2. The number of anilines is 1. The molecule has 1 aliphatic heterocycles. The van der Waals surface area contributed by atoms with Gasteiger partial charge in [0.1, 0.15) is 23.4 Å². The van der Waals surface area contributed by atoms with E-state index in [4.69, 9.17) is 10.5 Å². The van der Waals surface area contributed by atoms with Crippen LogP contribution >= 0.6 is 0 Å². The first-order chi connectivity index (χ1) is 16.2. The molecule has 35 heavy (non-hydrogen) atoms. The molecule has 2 amide bonds. The van der Waals surface area contributed by atoms with Crippen molar-refractivity contribution in [3.63, 3.8) is 0 Å². The number of alkyl halides is 5. The molecule has 1 aromatic carbocycles. The first kappa shape index (κ1) is 26.3. The molecule has 7 nitrogen and oxygen atoms in total. The zero-order valence-electron chi connectivity index (χ0n) is 18.6. The fourth-order valence-electron chi connectivity index (χ4n) is 4.08. The summed E-state index contributed by atoms with van der Waals surface area (Å²) < 4.78 is 92.1. The fraction of sp³-hybridized carbons (Fsp3) is 0.409. The molecule has 0 aliphatic carbocycles. The summed E-state index contributed by atoms with van der Waals surface area (Å²) >= 11 is 0. The smallest absolute Gasteiger partial charge is 0.417 e. The minimum Gasteiger partial charge on any atom is -0.434 e. The highest BCUT2D eigenvalue weighted by Crippen LogP contribution is 2.55. The summed E-state index contributed by atoms with van der Waals surface area (Å²) in [6.07, 6.45) is -5.66. The van der Waals surface area contributed by atoms with Crippen LogP contribution in [0.15, 0.2) is 30.5 Å². The van der Waals surface area contributed by atoms with Gasteiger partial charge in [-0.1, -0.05) is 13.0 Å². The molecule has 4 atom stereocenters. The van der Waals surface area contributed by atoms with Crippen molar-refractivity contribution in [3.8, 4) is 5.75 Å². The van der Waals surface area contributed by atoms with Crippen LogP contribution in [0.2, 0.25) is 0 Å². The van der Waals surface area contributed by atoms with Gasteiger partial charge in [0.15, 0.2) is 5.60 Å². The molecular formula is C22H21F6N3O4. The van der Waals surface area contributed by atoms with Crippen LogP contribution in [0, 0.1) is 18.7 Å². The number of pyridine rings is 1. The molecule has 0 radical (unpaired) electrons. The Kier molecular flexibility index (Phi) is 7.02. The predicted octanol–water partition coefficient (Wildman–Crippen LogP) is 4.31. The fourth-order valence-corrected chi connectivity index (χ4v) is 4.08. The van der Waals surface area contributed by atoms with Gasteiger partial charge in [-0.15, -0.1) is 0 Å². The van der Waals surface area contributed by atoms with E-state index in [1.165, 1.54) is 6.07 Å². The minimum absolute atomic E-state index is 0.0197. The zero-order chi connectivity index (χ0) is 26.3. The first-order valence-electron chi connectivity index (χ1n) is 10.2. The number of aromatic nitrogens is 1. The van der Waals surface area contributed by atoms with Gasteiger partial charge in [-0.3, -0.25) is 14.6 Å². The lowest BCUT2D eigenvalue weighted by Gasteiger charge is -2.32. The summed E-state index contributed by atoms with van der Waals surface area (Å²) in [5, 5.41) is 2.33. The van der Waals surface area contributed by atoms with Gasteiger partial charge in [-0.05, 0) is 32.0 Å². The van der Waals surface area contributed by atoms with Crippen LogP contribution in [0.5, 0.6) is 5.75 Å². The van der Waals surface area contributed by atoms with Crippen LogP contribution in [0.25, 0.3) is 0 Å². The monoisotopic (exact) mass is 505 g/mol. The third kappa shape index (κ3) is 4.90. The number of nitrogens with two attached hydrogens (primary N) is 1. The topological polar surface area (TPSA) is 104 Å². The number of halogens is 6. The second-order valence-corrected chi connectivity index (χ2v) is 8.21. The molecule has 0 bridgehead atoms. The molecular weight excluding hydrogens is 484 g/mol. The Morgan fingerprint density at radius 1 is 1.26 bits per heavy atom. The van der Waals surface area contributed by atoms with Crippen molar-refractivity contribution in [2.75, 3.05) is 5.32 Å². The summed E-state index contributed by atoms with van der Waals surface area (Å²) in [5.74, 6) is -6.53. The molecule has 190 valence electrons. The number of ether oxygens (including phenoxy) is 2. The van der Waals surface area contributed by atoms with Gasteiger partial charge >= 0.3 is 12.8 Å². The number of nitrogens with one attached hydrogen (secondary N) is 1. The van der Waals surface area contributed by atoms with Crippen LogP contribution < -0.4 is 15.8 Å². The van der Waals surface area contributed by atoms with E-state index in [-0.39, 0.29) is 22.5 Å². The van der Waals surface area contributed by atoms with Crippen molar-refractivity contribution in [1.82, 2.24) is 4.98 Å². The average Bonchev–Trinajstić information content (AvgIpc) is 3.04. The van der Waals surface area contributed by atoms with Crippen molar-refractivity contribution < 1.29 is 45.4 Å². The lowest BCUT2D eigenvalue weighted by atomic mass is 9.76. The summed E-state index contributed by atoms with van der Waals surface area (Å²) in [6, 6.07) is 4.23. The van der Waals surface area contributed by atoms with Gasteiger partial charge in [0.2, 0.25) is 0 Å². The number of hydrogen-bond acceptors (Lipinski definition) is 5. The summed E-state index contributed by atoms with van der Waals surface area (Å²) in [6.45, 7) is -0.401. The Labute approximate surface area is 195 Å². The van der Waals surface area contributed by atoms with Gasteiger partial charge in [-0.25, -0.2) is 4.39 Å². The Bertz CT molecular complexity index is 1140. The maximum Gasteiger partial charge on any atom is 0.417 e. The molecule has 1 aliphatic rings. The van der Waals surface area contributed by atoms with Gasteiger partial charge in [0, 0.05) is 34.8 Å². The second-order valence-electron chi connectivity index (χ2n) is 8.21. The van der Waals surface area contributed by atoms with Crippen molar-refractivity contribution in [2.24, 2.45) is 11.7 Å². The Morgan fingerprint density at radius 3 is 2.49 bits per heavy atom. The van der Waals surface area contributed by atoms with Gasteiger partial charge < -0.3 is 20.5 Å². The van der Waals surface area contributed by atoms with E-state index >= 15 is 0 Å². The maximum absolute atomic E-state index is 14.1. The standard InChI is InChI=1S/C22H21F6N3O4/c1-9-13(23)5-4-12(16(9)34-20(24)25)15-10(2)21(3,22(26,27)28)35-17(15)19(33)31-11-6-7-30-14(8-11)18(29)32/h4-8,10,15,17,20H,1-3H3,(H2,29,32)(H,30,31,33)/t10-,15-,17+,21-/m0/s1. The van der Waals surface area contributed by atoms with Crippen LogP contribution in [0.4, 0.5) is 32.0 Å².